The smallest absolute Gasteiger partial charge is 0.178 e. The Hall–Kier alpha value is -4.54. The van der Waals surface area contributed by atoms with Gasteiger partial charge in [-0.25, -0.2) is 0 Å². The monoisotopic (exact) mass is 500 g/mol. The molecule has 0 saturated carbocycles. The van der Waals surface area contributed by atoms with E-state index in [0.29, 0.717) is 0 Å². The SMILES string of the molecule is COc1ccc(C2(c3ccc(OC)cc3)C=Cc3c(CO)c(-c4ccccc4)c4ccccc4c3O2)cc1. The van der Waals surface area contributed by atoms with E-state index in [4.69, 9.17) is 14.2 Å². The summed E-state index contributed by atoms with van der Waals surface area (Å²) < 4.78 is 17.9. The Balaban J connectivity index is 1.63. The summed E-state index contributed by atoms with van der Waals surface area (Å²) in [6.45, 7) is -0.108. The molecule has 0 unspecified atom stereocenters. The molecule has 5 aromatic rings. The Bertz CT molecular complexity index is 1570. The molecule has 0 spiro atoms. The number of rotatable bonds is 6. The third-order valence-electron chi connectivity index (χ3n) is 7.32. The summed E-state index contributed by atoms with van der Waals surface area (Å²) in [7, 11) is 3.32. The second kappa shape index (κ2) is 9.73. The van der Waals surface area contributed by atoms with Crippen LogP contribution in [-0.2, 0) is 12.2 Å². The highest BCUT2D eigenvalue weighted by Gasteiger charge is 2.39. The predicted molar refractivity (Wildman–Crippen MR) is 152 cm³/mol. The second-order valence-corrected chi connectivity index (χ2v) is 9.29. The molecule has 0 bridgehead atoms. The first kappa shape index (κ1) is 23.8. The number of aliphatic hydroxyl groups excluding tert-OH is 1. The van der Waals surface area contributed by atoms with Crippen LogP contribution in [0.1, 0.15) is 22.3 Å². The molecule has 38 heavy (non-hydrogen) atoms. The maximum atomic E-state index is 10.7. The quantitative estimate of drug-likeness (QED) is 0.265. The number of ether oxygens (including phenoxy) is 3. The van der Waals surface area contributed by atoms with Crippen LogP contribution in [0.25, 0.3) is 28.0 Å². The van der Waals surface area contributed by atoms with Crippen LogP contribution in [0.2, 0.25) is 0 Å². The van der Waals surface area contributed by atoms with Crippen LogP contribution in [0.4, 0.5) is 0 Å². The molecule has 0 aliphatic carbocycles. The van der Waals surface area contributed by atoms with E-state index < -0.39 is 5.60 Å². The van der Waals surface area contributed by atoms with Crippen LogP contribution in [0.5, 0.6) is 17.2 Å². The molecule has 0 saturated heterocycles. The van der Waals surface area contributed by atoms with Crippen molar-refractivity contribution < 1.29 is 19.3 Å². The first-order valence-corrected chi connectivity index (χ1v) is 12.6. The average molecular weight is 501 g/mol. The van der Waals surface area contributed by atoms with Gasteiger partial charge in [-0.1, -0.05) is 84.9 Å². The third kappa shape index (κ3) is 3.82. The van der Waals surface area contributed by atoms with Crippen molar-refractivity contribution in [1.82, 2.24) is 0 Å². The summed E-state index contributed by atoms with van der Waals surface area (Å²) in [5.41, 5.74) is 4.86. The molecule has 0 atom stereocenters. The Morgan fingerprint density at radius 2 is 1.24 bits per heavy atom. The Kier molecular flexibility index (Phi) is 6.10. The van der Waals surface area contributed by atoms with Crippen LogP contribution < -0.4 is 14.2 Å². The van der Waals surface area contributed by atoms with E-state index in [1.54, 1.807) is 14.2 Å². The van der Waals surface area contributed by atoms with Crippen LogP contribution in [-0.4, -0.2) is 19.3 Å². The van der Waals surface area contributed by atoms with E-state index in [2.05, 4.69) is 36.4 Å². The molecule has 1 aliphatic rings. The summed E-state index contributed by atoms with van der Waals surface area (Å²) >= 11 is 0. The van der Waals surface area contributed by atoms with E-state index in [0.717, 1.165) is 61.4 Å². The molecule has 1 N–H and O–H groups in total. The fourth-order valence-corrected chi connectivity index (χ4v) is 5.41. The van der Waals surface area contributed by atoms with Crippen molar-refractivity contribution in [3.63, 3.8) is 0 Å². The highest BCUT2D eigenvalue weighted by atomic mass is 16.5. The molecule has 1 aliphatic heterocycles. The molecular formula is C34H28O4. The van der Waals surface area contributed by atoms with Gasteiger partial charge in [0.05, 0.1) is 20.8 Å². The standard InChI is InChI=1S/C34H28O4/c1-36-26-16-12-24(13-17-26)34(25-14-18-27(37-2)19-15-25)21-20-30-31(22-35)32(23-8-4-3-5-9-23)28-10-6-7-11-29(28)33(30)38-34/h3-21,35H,22H2,1-2H3. The van der Waals surface area contributed by atoms with Gasteiger partial charge in [0, 0.05) is 22.1 Å². The zero-order valence-electron chi connectivity index (χ0n) is 21.3. The molecule has 6 rings (SSSR count). The van der Waals surface area contributed by atoms with Gasteiger partial charge in [0.2, 0.25) is 0 Å². The average Bonchev–Trinajstić information content (AvgIpc) is 3.00. The molecule has 1 heterocycles. The van der Waals surface area contributed by atoms with Gasteiger partial charge in [-0.05, 0) is 52.4 Å². The Labute approximate surface area is 222 Å². The normalized spacial score (nSPS) is 13.6. The fourth-order valence-electron chi connectivity index (χ4n) is 5.41. The molecule has 0 aromatic heterocycles. The fraction of sp³-hybridized carbons (Fsp3) is 0.118. The first-order valence-electron chi connectivity index (χ1n) is 12.6. The summed E-state index contributed by atoms with van der Waals surface area (Å²) in [4.78, 5) is 0. The third-order valence-corrected chi connectivity index (χ3v) is 7.32. The number of benzene rings is 5. The van der Waals surface area contributed by atoms with E-state index in [-0.39, 0.29) is 6.61 Å². The summed E-state index contributed by atoms with van der Waals surface area (Å²) in [5.74, 6) is 2.30. The molecule has 0 radical (unpaired) electrons. The summed E-state index contributed by atoms with van der Waals surface area (Å²) in [6.07, 6.45) is 4.18. The van der Waals surface area contributed by atoms with Gasteiger partial charge in [-0.3, -0.25) is 0 Å². The lowest BCUT2D eigenvalue weighted by Crippen LogP contribution is -2.34. The van der Waals surface area contributed by atoms with Crippen molar-refractivity contribution in [2.75, 3.05) is 14.2 Å². The van der Waals surface area contributed by atoms with Crippen molar-refractivity contribution in [1.29, 1.82) is 0 Å². The molecule has 0 fully saturated rings. The van der Waals surface area contributed by atoms with Crippen molar-refractivity contribution in [2.45, 2.75) is 12.2 Å². The van der Waals surface area contributed by atoms with Crippen molar-refractivity contribution in [3.05, 3.63) is 131 Å². The lowest BCUT2D eigenvalue weighted by molar-refractivity contribution is 0.162. The second-order valence-electron chi connectivity index (χ2n) is 9.29. The minimum atomic E-state index is -0.894. The topological polar surface area (TPSA) is 47.9 Å². The number of hydrogen-bond donors (Lipinski definition) is 1. The van der Waals surface area contributed by atoms with Gasteiger partial charge in [-0.15, -0.1) is 0 Å². The van der Waals surface area contributed by atoms with Gasteiger partial charge in [-0.2, -0.15) is 0 Å². The van der Waals surface area contributed by atoms with Crippen LogP contribution >= 0.6 is 0 Å². The highest BCUT2D eigenvalue weighted by molar-refractivity contribution is 6.05. The van der Waals surface area contributed by atoms with Gasteiger partial charge in [0.25, 0.3) is 0 Å². The molecule has 0 amide bonds. The van der Waals surface area contributed by atoms with Gasteiger partial charge < -0.3 is 19.3 Å². The van der Waals surface area contributed by atoms with Crippen molar-refractivity contribution in [3.8, 4) is 28.4 Å². The largest absolute Gasteiger partial charge is 0.497 e. The minimum absolute atomic E-state index is 0.108. The molecule has 4 heteroatoms. The van der Waals surface area contributed by atoms with Crippen molar-refractivity contribution in [2.24, 2.45) is 0 Å². The molecular weight excluding hydrogens is 472 g/mol. The van der Waals surface area contributed by atoms with Gasteiger partial charge in [0.15, 0.2) is 5.60 Å². The zero-order valence-corrected chi connectivity index (χ0v) is 21.3. The van der Waals surface area contributed by atoms with E-state index in [1.807, 2.05) is 78.9 Å². The van der Waals surface area contributed by atoms with E-state index in [9.17, 15) is 5.11 Å². The highest BCUT2D eigenvalue weighted by Crippen LogP contribution is 2.49. The lowest BCUT2D eigenvalue weighted by Gasteiger charge is -2.37. The Morgan fingerprint density at radius 3 is 1.79 bits per heavy atom. The number of fused-ring (bicyclic) bond motifs is 3. The van der Waals surface area contributed by atoms with Crippen LogP contribution in [0.3, 0.4) is 0 Å². The maximum absolute atomic E-state index is 10.7. The van der Waals surface area contributed by atoms with Crippen LogP contribution in [0.15, 0.2) is 109 Å². The molecule has 5 aromatic carbocycles. The minimum Gasteiger partial charge on any atom is -0.497 e. The molecule has 4 nitrogen and oxygen atoms in total. The van der Waals surface area contributed by atoms with E-state index >= 15 is 0 Å². The number of methoxy groups -OCH3 is 2. The zero-order chi connectivity index (χ0) is 26.1. The van der Waals surface area contributed by atoms with Gasteiger partial charge in [0.1, 0.15) is 17.2 Å². The number of aliphatic hydroxyl groups is 1. The van der Waals surface area contributed by atoms with Crippen LogP contribution in [0, 0.1) is 0 Å². The number of hydrogen-bond acceptors (Lipinski definition) is 4. The first-order chi connectivity index (χ1) is 18.7. The summed E-state index contributed by atoms with van der Waals surface area (Å²) in [5, 5.41) is 12.7. The molecule has 188 valence electrons. The van der Waals surface area contributed by atoms with Gasteiger partial charge >= 0.3 is 0 Å². The van der Waals surface area contributed by atoms with E-state index in [1.165, 1.54) is 0 Å². The Morgan fingerprint density at radius 1 is 0.684 bits per heavy atom. The summed E-state index contributed by atoms with van der Waals surface area (Å²) in [6, 6.07) is 34.4. The maximum Gasteiger partial charge on any atom is 0.178 e. The predicted octanol–water partition coefficient (Wildman–Crippen LogP) is 7.37. The van der Waals surface area contributed by atoms with Crippen molar-refractivity contribution >= 4 is 16.8 Å². The lowest BCUT2D eigenvalue weighted by atomic mass is 9.81.